The van der Waals surface area contributed by atoms with Gasteiger partial charge in [0.05, 0.1) is 39.0 Å². The van der Waals surface area contributed by atoms with E-state index in [0.29, 0.717) is 0 Å². The molecule has 0 radical (unpaired) electrons. The molecule has 0 bridgehead atoms. The smallest absolute Gasteiger partial charge is 0.453 e. The van der Waals surface area contributed by atoms with E-state index in [0.717, 1.165) is 66.3 Å². The molecular formula is C39H31BN2O3. The lowest BCUT2D eigenvalue weighted by Gasteiger charge is -2.32. The number of hydrogen-bond donors (Lipinski definition) is 0. The molecule has 218 valence electrons. The van der Waals surface area contributed by atoms with Crippen LogP contribution in [0.15, 0.2) is 120 Å². The van der Waals surface area contributed by atoms with Crippen molar-refractivity contribution in [2.24, 2.45) is 0 Å². The summed E-state index contributed by atoms with van der Waals surface area (Å²) in [5.74, 6) is 0. The molecule has 5 nitrogen and oxygen atoms in total. The quantitative estimate of drug-likeness (QED) is 0.194. The van der Waals surface area contributed by atoms with Crippen LogP contribution < -0.4 is 5.46 Å². The molecule has 8 aromatic rings. The van der Waals surface area contributed by atoms with Crippen molar-refractivity contribution in [3.05, 3.63) is 115 Å². The number of fused-ring (bicyclic) bond motifs is 8. The summed E-state index contributed by atoms with van der Waals surface area (Å²) in [6.07, 6.45) is 0. The molecule has 1 fully saturated rings. The van der Waals surface area contributed by atoms with E-state index in [4.69, 9.17) is 18.7 Å². The van der Waals surface area contributed by atoms with Gasteiger partial charge in [-0.3, -0.25) is 0 Å². The predicted octanol–water partition coefficient (Wildman–Crippen LogP) is 9.20. The minimum atomic E-state index is -0.428. The van der Waals surface area contributed by atoms with Crippen LogP contribution in [0.5, 0.6) is 0 Å². The van der Waals surface area contributed by atoms with Crippen LogP contribution in [0.4, 0.5) is 0 Å². The lowest BCUT2D eigenvalue weighted by atomic mass is 9.78. The van der Waals surface area contributed by atoms with Gasteiger partial charge in [-0.25, -0.2) is 4.98 Å². The molecule has 5 aromatic carbocycles. The number of para-hydroxylation sites is 2. The Balaban J connectivity index is 1.35. The van der Waals surface area contributed by atoms with Gasteiger partial charge >= 0.3 is 7.12 Å². The van der Waals surface area contributed by atoms with Gasteiger partial charge in [0.2, 0.25) is 0 Å². The van der Waals surface area contributed by atoms with Crippen LogP contribution in [-0.2, 0) is 9.31 Å². The van der Waals surface area contributed by atoms with Crippen LogP contribution in [0.2, 0.25) is 0 Å². The third-order valence-corrected chi connectivity index (χ3v) is 9.83. The fourth-order valence-corrected chi connectivity index (χ4v) is 6.79. The molecule has 9 rings (SSSR count). The Bertz CT molecular complexity index is 2430. The Labute approximate surface area is 261 Å². The Hall–Kier alpha value is -4.91. The monoisotopic (exact) mass is 586 g/mol. The second kappa shape index (κ2) is 9.30. The first-order valence-electron chi connectivity index (χ1n) is 15.5. The van der Waals surface area contributed by atoms with E-state index in [1.54, 1.807) is 0 Å². The summed E-state index contributed by atoms with van der Waals surface area (Å²) >= 11 is 0. The molecule has 0 amide bonds. The first-order valence-corrected chi connectivity index (χ1v) is 15.5. The van der Waals surface area contributed by atoms with E-state index in [9.17, 15) is 0 Å². The van der Waals surface area contributed by atoms with Crippen molar-refractivity contribution in [2.75, 3.05) is 0 Å². The van der Waals surface area contributed by atoms with E-state index in [2.05, 4.69) is 135 Å². The third-order valence-electron chi connectivity index (χ3n) is 9.83. The summed E-state index contributed by atoms with van der Waals surface area (Å²) in [4.78, 5) is 5.30. The highest BCUT2D eigenvalue weighted by Crippen LogP contribution is 2.45. The van der Waals surface area contributed by atoms with Gasteiger partial charge in [-0.2, -0.15) is 0 Å². The maximum atomic E-state index is 6.91. The predicted molar refractivity (Wildman–Crippen MR) is 185 cm³/mol. The van der Waals surface area contributed by atoms with Crippen LogP contribution in [0.1, 0.15) is 27.7 Å². The number of aromatic nitrogens is 2. The Morgan fingerprint density at radius 2 is 1.27 bits per heavy atom. The summed E-state index contributed by atoms with van der Waals surface area (Å²) < 4.78 is 22.0. The van der Waals surface area contributed by atoms with Gasteiger partial charge in [0.25, 0.3) is 0 Å². The van der Waals surface area contributed by atoms with Crippen LogP contribution in [-0.4, -0.2) is 27.9 Å². The molecule has 1 aliphatic rings. The van der Waals surface area contributed by atoms with Gasteiger partial charge in [-0.05, 0) is 68.9 Å². The largest absolute Gasteiger partial charge is 0.494 e. The molecule has 1 saturated heterocycles. The highest BCUT2D eigenvalue weighted by atomic mass is 16.7. The number of rotatable bonds is 3. The molecule has 3 aromatic heterocycles. The number of nitrogens with zero attached hydrogens (tertiary/aromatic N) is 2. The lowest BCUT2D eigenvalue weighted by molar-refractivity contribution is 0.00578. The van der Waals surface area contributed by atoms with Crippen LogP contribution in [0, 0.1) is 0 Å². The number of benzene rings is 5. The molecule has 0 saturated carbocycles. The molecule has 0 aliphatic carbocycles. The van der Waals surface area contributed by atoms with E-state index in [-0.39, 0.29) is 0 Å². The van der Waals surface area contributed by atoms with E-state index < -0.39 is 18.3 Å². The van der Waals surface area contributed by atoms with Crippen LogP contribution in [0.3, 0.4) is 0 Å². The minimum absolute atomic E-state index is 0.403. The third kappa shape index (κ3) is 3.79. The van der Waals surface area contributed by atoms with Gasteiger partial charge in [0.15, 0.2) is 5.58 Å². The Morgan fingerprint density at radius 1 is 0.622 bits per heavy atom. The molecule has 45 heavy (non-hydrogen) atoms. The van der Waals surface area contributed by atoms with Crippen molar-refractivity contribution < 1.29 is 13.7 Å². The van der Waals surface area contributed by atoms with Gasteiger partial charge in [-0.15, -0.1) is 0 Å². The zero-order chi connectivity index (χ0) is 30.5. The molecule has 0 unspecified atom stereocenters. The van der Waals surface area contributed by atoms with E-state index in [1.807, 2.05) is 12.1 Å². The normalized spacial score (nSPS) is 16.1. The highest BCUT2D eigenvalue weighted by molar-refractivity contribution is 6.62. The summed E-state index contributed by atoms with van der Waals surface area (Å²) in [6, 6.07) is 40.2. The fourth-order valence-electron chi connectivity index (χ4n) is 6.79. The SMILES string of the molecule is CC1(C)OB(c2ccc(-c3nc4ccccc4c4oc5c6ccccc6n(-c6cccc7ccccc67)c5c34)cc2)OC1(C)C. The number of hydrogen-bond acceptors (Lipinski definition) is 4. The second-order valence-electron chi connectivity index (χ2n) is 13.0. The van der Waals surface area contributed by atoms with Crippen LogP contribution >= 0.6 is 0 Å². The van der Waals surface area contributed by atoms with Crippen molar-refractivity contribution >= 4 is 67.2 Å². The molecule has 4 heterocycles. The van der Waals surface area contributed by atoms with Crippen molar-refractivity contribution in [2.45, 2.75) is 38.9 Å². The summed E-state index contributed by atoms with van der Waals surface area (Å²) in [6.45, 7) is 8.32. The highest BCUT2D eigenvalue weighted by Gasteiger charge is 2.51. The summed E-state index contributed by atoms with van der Waals surface area (Å²) in [5.41, 5.74) is 7.89. The standard InChI is InChI=1S/C39H31BN2O3/c1-38(2)39(3,4)45-40(44-38)26-22-20-25(21-23-26)34-33-35-37(43-36(33)28-15-7-9-17-30(28)41-34)29-16-8-10-18-32(29)42(35)31-19-11-13-24-12-5-6-14-27(24)31/h5-23H,1-4H3. The molecule has 1 aliphatic heterocycles. The molecule has 6 heteroatoms. The Kier molecular flexibility index (Phi) is 5.48. The molecular weight excluding hydrogens is 555 g/mol. The van der Waals surface area contributed by atoms with E-state index in [1.165, 1.54) is 10.8 Å². The van der Waals surface area contributed by atoms with Gasteiger partial charge in [0.1, 0.15) is 11.1 Å². The van der Waals surface area contributed by atoms with Crippen molar-refractivity contribution in [1.82, 2.24) is 9.55 Å². The number of furan rings is 1. The van der Waals surface area contributed by atoms with Crippen molar-refractivity contribution in [3.63, 3.8) is 0 Å². The lowest BCUT2D eigenvalue weighted by Crippen LogP contribution is -2.41. The molecule has 0 atom stereocenters. The van der Waals surface area contributed by atoms with Gasteiger partial charge in [0, 0.05) is 21.7 Å². The second-order valence-corrected chi connectivity index (χ2v) is 13.0. The first-order chi connectivity index (χ1) is 21.8. The van der Waals surface area contributed by atoms with Crippen molar-refractivity contribution in [3.8, 4) is 16.9 Å². The summed E-state index contributed by atoms with van der Waals surface area (Å²) in [7, 11) is -0.428. The molecule has 0 spiro atoms. The maximum Gasteiger partial charge on any atom is 0.494 e. The average Bonchev–Trinajstić information content (AvgIpc) is 3.66. The zero-order valence-corrected chi connectivity index (χ0v) is 25.7. The fraction of sp³-hybridized carbons (Fsp3) is 0.154. The number of pyridine rings is 1. The van der Waals surface area contributed by atoms with Crippen LogP contribution in [0.25, 0.3) is 71.6 Å². The van der Waals surface area contributed by atoms with Gasteiger partial charge < -0.3 is 18.3 Å². The maximum absolute atomic E-state index is 6.91. The average molecular weight is 587 g/mol. The zero-order valence-electron chi connectivity index (χ0n) is 25.7. The minimum Gasteiger partial charge on any atom is -0.453 e. The topological polar surface area (TPSA) is 49.4 Å². The molecule has 0 N–H and O–H groups in total. The summed E-state index contributed by atoms with van der Waals surface area (Å²) in [5, 5.41) is 5.43. The van der Waals surface area contributed by atoms with E-state index >= 15 is 0 Å². The first kappa shape index (κ1) is 26.5. The van der Waals surface area contributed by atoms with Crippen molar-refractivity contribution in [1.29, 1.82) is 0 Å². The van der Waals surface area contributed by atoms with Gasteiger partial charge in [-0.1, -0.05) is 84.9 Å². The Morgan fingerprint density at radius 3 is 2.04 bits per heavy atom.